The average molecular weight is 346 g/mol. The van der Waals surface area contributed by atoms with Gasteiger partial charge in [0, 0.05) is 18.7 Å². The first-order valence-corrected chi connectivity index (χ1v) is 8.47. The zero-order valence-corrected chi connectivity index (χ0v) is 14.7. The molecule has 0 heterocycles. The zero-order chi connectivity index (χ0) is 18.2. The van der Waals surface area contributed by atoms with Gasteiger partial charge in [0.15, 0.2) is 0 Å². The normalized spacial score (nSPS) is 10.9. The van der Waals surface area contributed by atoms with Crippen molar-refractivity contribution in [1.82, 2.24) is 10.2 Å². The molecule has 0 bridgehead atoms. The number of halogens is 2. The van der Waals surface area contributed by atoms with Gasteiger partial charge in [0.2, 0.25) is 5.91 Å². The predicted octanol–water partition coefficient (Wildman–Crippen LogP) is 3.45. The molecule has 1 N–H and O–H groups in total. The lowest BCUT2D eigenvalue weighted by Crippen LogP contribution is -2.38. The number of carbonyl (C=O) groups excluding carboxylic acids is 1. The molecule has 0 unspecified atom stereocenters. The van der Waals surface area contributed by atoms with Crippen LogP contribution in [0.15, 0.2) is 42.5 Å². The lowest BCUT2D eigenvalue weighted by atomic mass is 10.1. The second-order valence-electron chi connectivity index (χ2n) is 6.03. The first kappa shape index (κ1) is 19.1. The number of likely N-dealkylation sites (N-methyl/N-ethyl adjacent to an activating group) is 1. The van der Waals surface area contributed by atoms with E-state index in [1.807, 2.05) is 38.1 Å². The molecule has 0 fully saturated rings. The van der Waals surface area contributed by atoms with Gasteiger partial charge in [0.05, 0.1) is 6.54 Å². The maximum Gasteiger partial charge on any atom is 0.234 e. The van der Waals surface area contributed by atoms with E-state index in [1.165, 1.54) is 29.3 Å². The molecule has 0 aliphatic heterocycles. The second kappa shape index (κ2) is 9.28. The van der Waals surface area contributed by atoms with Crippen molar-refractivity contribution in [2.75, 3.05) is 19.6 Å². The van der Waals surface area contributed by atoms with Crippen LogP contribution in [0.1, 0.15) is 23.6 Å². The first-order chi connectivity index (χ1) is 12.0. The maximum absolute atomic E-state index is 13.7. The van der Waals surface area contributed by atoms with E-state index in [4.69, 9.17) is 0 Å². The van der Waals surface area contributed by atoms with Gasteiger partial charge in [-0.3, -0.25) is 9.69 Å². The van der Waals surface area contributed by atoms with Gasteiger partial charge < -0.3 is 5.32 Å². The summed E-state index contributed by atoms with van der Waals surface area (Å²) in [6.07, 6.45) is 0.756. The molecule has 0 saturated carbocycles. The minimum absolute atomic E-state index is 0.00272. The van der Waals surface area contributed by atoms with Crippen molar-refractivity contribution >= 4 is 5.91 Å². The molecular weight excluding hydrogens is 322 g/mol. The Balaban J connectivity index is 1.84. The van der Waals surface area contributed by atoms with Gasteiger partial charge in [-0.1, -0.05) is 37.3 Å². The number of nitrogens with one attached hydrogen (secondary N) is 1. The summed E-state index contributed by atoms with van der Waals surface area (Å²) in [5, 5.41) is 2.87. The molecule has 0 aliphatic rings. The molecule has 2 rings (SSSR count). The van der Waals surface area contributed by atoms with Gasteiger partial charge in [-0.25, -0.2) is 8.78 Å². The van der Waals surface area contributed by atoms with Crippen LogP contribution in [0.2, 0.25) is 0 Å². The van der Waals surface area contributed by atoms with E-state index in [1.54, 1.807) is 4.90 Å². The quantitative estimate of drug-likeness (QED) is 0.794. The molecule has 3 nitrogen and oxygen atoms in total. The number of hydrogen-bond acceptors (Lipinski definition) is 2. The number of aryl methyl sites for hydroxylation is 1. The predicted molar refractivity (Wildman–Crippen MR) is 95.2 cm³/mol. The van der Waals surface area contributed by atoms with Crippen LogP contribution < -0.4 is 5.32 Å². The Labute approximate surface area is 147 Å². The van der Waals surface area contributed by atoms with Crippen molar-refractivity contribution in [3.05, 3.63) is 70.8 Å². The monoisotopic (exact) mass is 346 g/mol. The number of benzene rings is 2. The SMILES string of the molecule is CCN(CC(=O)NCCc1ccccc1C)Cc1c(F)cccc1F. The lowest BCUT2D eigenvalue weighted by molar-refractivity contribution is -0.122. The van der Waals surface area contributed by atoms with Gasteiger partial charge >= 0.3 is 0 Å². The third kappa shape index (κ3) is 5.64. The third-order valence-electron chi connectivity index (χ3n) is 4.24. The molecule has 5 heteroatoms. The minimum atomic E-state index is -0.585. The maximum atomic E-state index is 13.7. The Morgan fingerprint density at radius 2 is 1.76 bits per heavy atom. The van der Waals surface area contributed by atoms with Crippen molar-refractivity contribution < 1.29 is 13.6 Å². The number of carbonyl (C=O) groups is 1. The van der Waals surface area contributed by atoms with Crippen molar-refractivity contribution in [1.29, 1.82) is 0 Å². The average Bonchev–Trinajstić information content (AvgIpc) is 2.59. The molecule has 134 valence electrons. The van der Waals surface area contributed by atoms with Crippen LogP contribution >= 0.6 is 0 Å². The van der Waals surface area contributed by atoms with Crippen LogP contribution in [0.25, 0.3) is 0 Å². The molecule has 0 saturated heterocycles. The van der Waals surface area contributed by atoms with Crippen molar-refractivity contribution in [2.45, 2.75) is 26.8 Å². The zero-order valence-electron chi connectivity index (χ0n) is 14.7. The molecule has 1 amide bonds. The van der Waals surface area contributed by atoms with Crippen LogP contribution in [0.5, 0.6) is 0 Å². The Bertz CT molecular complexity index is 698. The number of amides is 1. The van der Waals surface area contributed by atoms with Gasteiger partial charge in [-0.05, 0) is 43.1 Å². The van der Waals surface area contributed by atoms with E-state index in [0.717, 1.165) is 6.42 Å². The molecule has 0 radical (unpaired) electrons. The van der Waals surface area contributed by atoms with E-state index in [9.17, 15) is 13.6 Å². The van der Waals surface area contributed by atoms with E-state index in [-0.39, 0.29) is 24.6 Å². The summed E-state index contributed by atoms with van der Waals surface area (Å²) in [4.78, 5) is 13.8. The fraction of sp³-hybridized carbons (Fsp3) is 0.350. The Hall–Kier alpha value is -2.27. The standard InChI is InChI=1S/C20H24F2N2O/c1-3-24(13-17-18(21)9-6-10-19(17)22)14-20(25)23-12-11-16-8-5-4-7-15(16)2/h4-10H,3,11-14H2,1-2H3,(H,23,25). The number of rotatable bonds is 8. The molecule has 2 aromatic carbocycles. The summed E-state index contributed by atoms with van der Waals surface area (Å²) in [6, 6.07) is 11.8. The molecule has 25 heavy (non-hydrogen) atoms. The number of nitrogens with zero attached hydrogens (tertiary/aromatic N) is 1. The van der Waals surface area contributed by atoms with E-state index in [0.29, 0.717) is 13.1 Å². The van der Waals surface area contributed by atoms with Crippen LogP contribution in [0.4, 0.5) is 8.78 Å². The molecule has 0 aromatic heterocycles. The van der Waals surface area contributed by atoms with E-state index >= 15 is 0 Å². The van der Waals surface area contributed by atoms with Gasteiger partial charge in [-0.15, -0.1) is 0 Å². The van der Waals surface area contributed by atoms with Gasteiger partial charge in [0.1, 0.15) is 11.6 Å². The smallest absolute Gasteiger partial charge is 0.234 e. The third-order valence-corrected chi connectivity index (χ3v) is 4.24. The summed E-state index contributed by atoms with van der Waals surface area (Å²) < 4.78 is 27.5. The highest BCUT2D eigenvalue weighted by molar-refractivity contribution is 5.78. The number of hydrogen-bond donors (Lipinski definition) is 1. The molecule has 0 atom stereocenters. The lowest BCUT2D eigenvalue weighted by Gasteiger charge is -2.20. The fourth-order valence-electron chi connectivity index (χ4n) is 2.67. The summed E-state index contributed by atoms with van der Waals surface area (Å²) in [5.41, 5.74) is 2.39. The van der Waals surface area contributed by atoms with Crippen molar-refractivity contribution in [2.24, 2.45) is 0 Å². The van der Waals surface area contributed by atoms with Crippen LogP contribution in [-0.4, -0.2) is 30.4 Å². The van der Waals surface area contributed by atoms with Crippen LogP contribution in [0, 0.1) is 18.6 Å². The van der Waals surface area contributed by atoms with Gasteiger partial charge in [0.25, 0.3) is 0 Å². The fourth-order valence-corrected chi connectivity index (χ4v) is 2.67. The van der Waals surface area contributed by atoms with E-state index in [2.05, 4.69) is 5.32 Å². The highest BCUT2D eigenvalue weighted by atomic mass is 19.1. The summed E-state index contributed by atoms with van der Waals surface area (Å²) in [5.74, 6) is -1.32. The highest BCUT2D eigenvalue weighted by Crippen LogP contribution is 2.14. The van der Waals surface area contributed by atoms with Crippen molar-refractivity contribution in [3.63, 3.8) is 0 Å². The summed E-state index contributed by atoms with van der Waals surface area (Å²) >= 11 is 0. The van der Waals surface area contributed by atoms with Crippen LogP contribution in [0.3, 0.4) is 0 Å². The summed E-state index contributed by atoms with van der Waals surface area (Å²) in [6.45, 7) is 5.14. The second-order valence-corrected chi connectivity index (χ2v) is 6.03. The molecule has 2 aromatic rings. The Morgan fingerprint density at radius 1 is 1.08 bits per heavy atom. The van der Waals surface area contributed by atoms with Crippen molar-refractivity contribution in [3.8, 4) is 0 Å². The molecule has 0 spiro atoms. The van der Waals surface area contributed by atoms with Gasteiger partial charge in [-0.2, -0.15) is 0 Å². The minimum Gasteiger partial charge on any atom is -0.355 e. The molecular formula is C20H24F2N2O. The first-order valence-electron chi connectivity index (χ1n) is 8.47. The van der Waals surface area contributed by atoms with Crippen LogP contribution in [-0.2, 0) is 17.8 Å². The topological polar surface area (TPSA) is 32.3 Å². The highest BCUT2D eigenvalue weighted by Gasteiger charge is 2.15. The molecule has 0 aliphatic carbocycles. The Morgan fingerprint density at radius 3 is 2.40 bits per heavy atom. The van der Waals surface area contributed by atoms with E-state index < -0.39 is 11.6 Å². The summed E-state index contributed by atoms with van der Waals surface area (Å²) in [7, 11) is 0. The largest absolute Gasteiger partial charge is 0.355 e. The Kier molecular flexibility index (Phi) is 7.07.